The van der Waals surface area contributed by atoms with Gasteiger partial charge in [0.1, 0.15) is 0 Å². The van der Waals surface area contributed by atoms with Gasteiger partial charge in [-0.3, -0.25) is 4.79 Å². The lowest BCUT2D eigenvalue weighted by atomic mass is 10.0. The van der Waals surface area contributed by atoms with Crippen LogP contribution < -0.4 is 5.32 Å². The highest BCUT2D eigenvalue weighted by Crippen LogP contribution is 2.37. The van der Waals surface area contributed by atoms with Crippen LogP contribution in [0.2, 0.25) is 10.0 Å². The number of halogens is 5. The molecule has 0 radical (unpaired) electrons. The third kappa shape index (κ3) is 5.65. The standard InChI is InChI=1S/C27H28Cl2F3N5O/c1-17-3-6-21(11-24(17)29)33-9-2-10-35-13-18-15-36(16-19(18)14-35)26(38)23-12-34-37(25(23)27(30,31)32)22-7-4-20(28)5-8-22/h3-8,11-12,18-19,33H,2,9-10,13-16H2,1H3. The summed E-state index contributed by atoms with van der Waals surface area (Å²) in [6.07, 6.45) is -2.77. The molecule has 3 heterocycles. The Kier molecular flexibility index (Phi) is 7.62. The third-order valence-corrected chi connectivity index (χ3v) is 8.00. The first-order chi connectivity index (χ1) is 18.1. The van der Waals surface area contributed by atoms with E-state index in [1.54, 1.807) is 4.90 Å². The number of amides is 1. The third-order valence-electron chi connectivity index (χ3n) is 7.34. The van der Waals surface area contributed by atoms with Crippen LogP contribution in [0.5, 0.6) is 0 Å². The first kappa shape index (κ1) is 26.8. The molecule has 11 heteroatoms. The molecule has 1 aromatic heterocycles. The zero-order valence-electron chi connectivity index (χ0n) is 20.8. The Morgan fingerprint density at radius 1 is 1.05 bits per heavy atom. The lowest BCUT2D eigenvalue weighted by molar-refractivity contribution is -0.143. The Labute approximate surface area is 229 Å². The smallest absolute Gasteiger partial charge is 0.385 e. The summed E-state index contributed by atoms with van der Waals surface area (Å²) in [4.78, 5) is 17.2. The van der Waals surface area contributed by atoms with E-state index in [0.717, 1.165) is 59.8 Å². The van der Waals surface area contributed by atoms with Crippen molar-refractivity contribution in [2.24, 2.45) is 11.8 Å². The molecule has 2 saturated heterocycles. The number of nitrogens with zero attached hydrogens (tertiary/aromatic N) is 4. The topological polar surface area (TPSA) is 53.4 Å². The van der Waals surface area contributed by atoms with Gasteiger partial charge in [-0.25, -0.2) is 4.68 Å². The first-order valence-electron chi connectivity index (χ1n) is 12.5. The highest BCUT2D eigenvalue weighted by molar-refractivity contribution is 6.31. The van der Waals surface area contributed by atoms with Crippen molar-refractivity contribution in [2.45, 2.75) is 19.5 Å². The fourth-order valence-corrected chi connectivity index (χ4v) is 5.71. The minimum absolute atomic E-state index is 0.190. The van der Waals surface area contributed by atoms with Gasteiger partial charge in [0.25, 0.3) is 5.91 Å². The molecule has 1 amide bonds. The number of carbonyl (C=O) groups excluding carboxylic acids is 1. The largest absolute Gasteiger partial charge is 0.434 e. The number of likely N-dealkylation sites (tertiary alicyclic amines) is 2. The van der Waals surface area contributed by atoms with Crippen LogP contribution in [0.3, 0.4) is 0 Å². The van der Waals surface area contributed by atoms with E-state index >= 15 is 0 Å². The van der Waals surface area contributed by atoms with E-state index in [1.165, 1.54) is 24.3 Å². The summed E-state index contributed by atoms with van der Waals surface area (Å²) in [5.74, 6) is -0.119. The predicted octanol–water partition coefficient (Wildman–Crippen LogP) is 6.01. The van der Waals surface area contributed by atoms with Gasteiger partial charge in [0.2, 0.25) is 0 Å². The maximum absolute atomic E-state index is 14.1. The van der Waals surface area contributed by atoms with E-state index in [0.29, 0.717) is 18.1 Å². The highest BCUT2D eigenvalue weighted by atomic mass is 35.5. The number of carbonyl (C=O) groups is 1. The zero-order chi connectivity index (χ0) is 27.0. The number of benzene rings is 2. The molecule has 2 fully saturated rings. The fourth-order valence-electron chi connectivity index (χ4n) is 5.40. The van der Waals surface area contributed by atoms with Crippen LogP contribution in [-0.4, -0.2) is 64.8 Å². The summed E-state index contributed by atoms with van der Waals surface area (Å²) in [5.41, 5.74) is 0.733. The summed E-state index contributed by atoms with van der Waals surface area (Å²) in [6, 6.07) is 11.8. The molecule has 5 rings (SSSR count). The molecular formula is C27H28Cl2F3N5O. The molecule has 0 bridgehead atoms. The van der Waals surface area contributed by atoms with Gasteiger partial charge in [-0.2, -0.15) is 18.3 Å². The second-order valence-corrected chi connectivity index (χ2v) is 10.9. The second kappa shape index (κ2) is 10.8. The van der Waals surface area contributed by atoms with Gasteiger partial charge in [0.15, 0.2) is 5.69 Å². The number of hydrogen-bond donors (Lipinski definition) is 1. The fraction of sp³-hybridized carbons (Fsp3) is 0.407. The van der Waals surface area contributed by atoms with Crippen molar-refractivity contribution in [1.29, 1.82) is 0 Å². The van der Waals surface area contributed by atoms with Gasteiger partial charge >= 0.3 is 6.18 Å². The van der Waals surface area contributed by atoms with Crippen LogP contribution in [0, 0.1) is 18.8 Å². The van der Waals surface area contributed by atoms with Gasteiger partial charge in [0.05, 0.1) is 17.4 Å². The first-order valence-corrected chi connectivity index (χ1v) is 13.3. The van der Waals surface area contributed by atoms with E-state index in [2.05, 4.69) is 15.3 Å². The molecule has 0 saturated carbocycles. The van der Waals surface area contributed by atoms with Crippen LogP contribution in [0.1, 0.15) is 28.0 Å². The Hall–Kier alpha value is -2.75. The second-order valence-electron chi connectivity index (χ2n) is 10.0. The molecule has 1 N–H and O–H groups in total. The van der Waals surface area contributed by atoms with E-state index in [1.807, 2.05) is 25.1 Å². The maximum Gasteiger partial charge on any atom is 0.434 e. The minimum Gasteiger partial charge on any atom is -0.385 e. The van der Waals surface area contributed by atoms with Crippen molar-refractivity contribution in [3.63, 3.8) is 0 Å². The SMILES string of the molecule is Cc1ccc(NCCCN2CC3CN(C(=O)c4cnn(-c5ccc(Cl)cc5)c4C(F)(F)F)CC3C2)cc1Cl. The number of rotatable bonds is 7. The monoisotopic (exact) mass is 565 g/mol. The summed E-state index contributed by atoms with van der Waals surface area (Å²) < 4.78 is 42.9. The van der Waals surface area contributed by atoms with Crippen LogP contribution >= 0.6 is 23.2 Å². The quantitative estimate of drug-likeness (QED) is 0.356. The Bertz CT molecular complexity index is 1300. The molecule has 2 aliphatic heterocycles. The maximum atomic E-state index is 14.1. The van der Waals surface area contributed by atoms with Crippen molar-refractivity contribution in [3.05, 3.63) is 75.5 Å². The van der Waals surface area contributed by atoms with Gasteiger partial charge < -0.3 is 15.1 Å². The molecule has 2 unspecified atom stereocenters. The molecule has 2 atom stereocenters. The summed E-state index contributed by atoms with van der Waals surface area (Å²) >= 11 is 12.1. The minimum atomic E-state index is -4.74. The van der Waals surface area contributed by atoms with Crippen LogP contribution in [0.25, 0.3) is 5.69 Å². The number of aromatic nitrogens is 2. The van der Waals surface area contributed by atoms with Crippen LogP contribution in [-0.2, 0) is 6.18 Å². The van der Waals surface area contributed by atoms with E-state index in [-0.39, 0.29) is 17.5 Å². The van der Waals surface area contributed by atoms with E-state index in [4.69, 9.17) is 23.2 Å². The number of fused-ring (bicyclic) bond motifs is 1. The molecule has 0 spiro atoms. The van der Waals surface area contributed by atoms with Crippen molar-refractivity contribution in [3.8, 4) is 5.69 Å². The summed E-state index contributed by atoms with van der Waals surface area (Å²) in [6.45, 7) is 6.26. The Balaban J connectivity index is 1.17. The molecule has 6 nitrogen and oxygen atoms in total. The van der Waals surface area contributed by atoms with Crippen molar-refractivity contribution in [1.82, 2.24) is 19.6 Å². The van der Waals surface area contributed by atoms with E-state index in [9.17, 15) is 18.0 Å². The highest BCUT2D eigenvalue weighted by Gasteiger charge is 2.45. The molecule has 0 aliphatic carbocycles. The number of hydrogen-bond acceptors (Lipinski definition) is 4. The Morgan fingerprint density at radius 3 is 2.37 bits per heavy atom. The van der Waals surface area contributed by atoms with Gasteiger partial charge in [-0.15, -0.1) is 0 Å². The van der Waals surface area contributed by atoms with Crippen molar-refractivity contribution >= 4 is 34.8 Å². The number of anilines is 1. The lowest BCUT2D eigenvalue weighted by Gasteiger charge is -2.22. The van der Waals surface area contributed by atoms with Crippen molar-refractivity contribution in [2.75, 3.05) is 44.6 Å². The lowest BCUT2D eigenvalue weighted by Crippen LogP contribution is -2.34. The molecule has 2 aromatic carbocycles. The van der Waals surface area contributed by atoms with Crippen LogP contribution in [0.15, 0.2) is 48.7 Å². The molecule has 202 valence electrons. The van der Waals surface area contributed by atoms with Gasteiger partial charge in [0, 0.05) is 48.5 Å². The van der Waals surface area contributed by atoms with Crippen LogP contribution in [0.4, 0.5) is 18.9 Å². The number of nitrogens with one attached hydrogen (secondary N) is 1. The number of aryl methyl sites for hydroxylation is 1. The molecule has 38 heavy (non-hydrogen) atoms. The molecule has 2 aliphatic rings. The van der Waals surface area contributed by atoms with Gasteiger partial charge in [-0.05, 0) is 73.7 Å². The zero-order valence-corrected chi connectivity index (χ0v) is 22.3. The predicted molar refractivity (Wildman–Crippen MR) is 142 cm³/mol. The average molecular weight is 566 g/mol. The number of alkyl halides is 3. The molecule has 3 aromatic rings. The Morgan fingerprint density at radius 2 is 1.74 bits per heavy atom. The normalized spacial score (nSPS) is 19.7. The summed E-state index contributed by atoms with van der Waals surface area (Å²) in [5, 5.41) is 8.44. The molecular weight excluding hydrogens is 538 g/mol. The average Bonchev–Trinajstić information content (AvgIpc) is 3.57. The van der Waals surface area contributed by atoms with E-state index < -0.39 is 23.3 Å². The van der Waals surface area contributed by atoms with Crippen molar-refractivity contribution < 1.29 is 18.0 Å². The summed E-state index contributed by atoms with van der Waals surface area (Å²) in [7, 11) is 0. The van der Waals surface area contributed by atoms with Gasteiger partial charge in [-0.1, -0.05) is 29.3 Å².